The van der Waals surface area contributed by atoms with E-state index in [1.807, 2.05) is 18.2 Å². The van der Waals surface area contributed by atoms with Gasteiger partial charge in [0.2, 0.25) is 12.7 Å². The average molecular weight is 489 g/mol. The van der Waals surface area contributed by atoms with Crippen LogP contribution in [0.15, 0.2) is 83.3 Å². The lowest BCUT2D eigenvalue weighted by atomic mass is 9.96. The van der Waals surface area contributed by atoms with Crippen LogP contribution in [0, 0.1) is 4.84 Å². The topological polar surface area (TPSA) is 58.3 Å². The molecular weight excluding hydrogens is 460 g/mol. The SMILES string of the molecule is S=c1oc(-c2ccc3c(c2)OCO3)nn1C[NH+]1CC[NH+](C(c2ccccc2)c2ccccc2)CC1. The summed E-state index contributed by atoms with van der Waals surface area (Å²) in [5, 5.41) is 4.67. The summed E-state index contributed by atoms with van der Waals surface area (Å²) >= 11 is 5.49. The van der Waals surface area contributed by atoms with Crippen LogP contribution in [-0.4, -0.2) is 42.8 Å². The van der Waals surface area contributed by atoms with Crippen molar-refractivity contribution in [3.8, 4) is 23.0 Å². The van der Waals surface area contributed by atoms with Crippen molar-refractivity contribution in [2.75, 3.05) is 33.0 Å². The second-order valence-corrected chi connectivity index (χ2v) is 9.41. The van der Waals surface area contributed by atoms with Gasteiger partial charge < -0.3 is 23.7 Å². The van der Waals surface area contributed by atoms with Crippen molar-refractivity contribution >= 4 is 12.2 Å². The van der Waals surface area contributed by atoms with Gasteiger partial charge in [0.1, 0.15) is 32.2 Å². The van der Waals surface area contributed by atoms with Crippen molar-refractivity contribution in [2.45, 2.75) is 12.7 Å². The zero-order valence-electron chi connectivity index (χ0n) is 19.4. The van der Waals surface area contributed by atoms with E-state index in [0.717, 1.165) is 37.5 Å². The number of fused-ring (bicyclic) bond motifs is 1. The molecule has 4 aromatic rings. The standard InChI is InChI=1S/C27H26N4O3S/c35-27-31(28-26(34-27)22-11-12-23-24(17-22)33-19-32-23)18-29-13-15-30(16-14-29)25(20-7-3-1-4-8-20)21-9-5-2-6-10-21/h1-12,17,25H,13-16,18-19H2/p+2. The van der Waals surface area contributed by atoms with Gasteiger partial charge in [-0.2, -0.15) is 4.68 Å². The van der Waals surface area contributed by atoms with E-state index < -0.39 is 0 Å². The van der Waals surface area contributed by atoms with Gasteiger partial charge >= 0.3 is 0 Å². The molecular formula is C27H28N4O3S+2. The summed E-state index contributed by atoms with van der Waals surface area (Å²) in [5.41, 5.74) is 3.56. The van der Waals surface area contributed by atoms with Gasteiger partial charge in [0.15, 0.2) is 18.2 Å². The first-order valence-corrected chi connectivity index (χ1v) is 12.4. The minimum absolute atomic E-state index is 0.239. The maximum absolute atomic E-state index is 5.83. The quantitative estimate of drug-likeness (QED) is 0.408. The van der Waals surface area contributed by atoms with Crippen LogP contribution in [-0.2, 0) is 6.67 Å². The third-order valence-electron chi connectivity index (χ3n) is 6.87. The first kappa shape index (κ1) is 22.0. The number of nitrogens with one attached hydrogen (secondary N) is 2. The molecule has 2 aliphatic heterocycles. The molecule has 35 heavy (non-hydrogen) atoms. The molecule has 0 radical (unpaired) electrons. The van der Waals surface area contributed by atoms with Crippen LogP contribution < -0.4 is 19.3 Å². The van der Waals surface area contributed by atoms with E-state index >= 15 is 0 Å². The molecule has 0 amide bonds. The summed E-state index contributed by atoms with van der Waals surface area (Å²) in [6.45, 7) is 5.16. The molecule has 8 heteroatoms. The Morgan fingerprint density at radius 1 is 0.829 bits per heavy atom. The van der Waals surface area contributed by atoms with E-state index in [4.69, 9.17) is 26.1 Å². The fourth-order valence-corrected chi connectivity index (χ4v) is 5.27. The average Bonchev–Trinajstić information content (AvgIpc) is 3.52. The van der Waals surface area contributed by atoms with Crippen LogP contribution in [0.3, 0.4) is 0 Å². The van der Waals surface area contributed by atoms with Crippen molar-refractivity contribution in [3.05, 3.63) is 94.8 Å². The largest absolute Gasteiger partial charge is 0.454 e. The highest BCUT2D eigenvalue weighted by Crippen LogP contribution is 2.35. The molecule has 2 N–H and O–H groups in total. The van der Waals surface area contributed by atoms with Crippen LogP contribution in [0.5, 0.6) is 11.5 Å². The number of hydrogen-bond donors (Lipinski definition) is 2. The highest BCUT2D eigenvalue weighted by molar-refractivity contribution is 7.71. The Kier molecular flexibility index (Phi) is 6.08. The molecule has 7 nitrogen and oxygen atoms in total. The Morgan fingerprint density at radius 3 is 2.17 bits per heavy atom. The van der Waals surface area contributed by atoms with Crippen LogP contribution >= 0.6 is 12.2 Å². The molecule has 0 spiro atoms. The number of nitrogens with zero attached hydrogens (tertiary/aromatic N) is 2. The Bertz CT molecular complexity index is 1310. The Hall–Kier alpha value is -3.46. The molecule has 0 bridgehead atoms. The van der Waals surface area contributed by atoms with E-state index in [2.05, 4.69) is 65.8 Å². The van der Waals surface area contributed by atoms with Crippen molar-refractivity contribution in [3.63, 3.8) is 0 Å². The van der Waals surface area contributed by atoms with E-state index in [1.165, 1.54) is 16.0 Å². The molecule has 3 heterocycles. The number of benzene rings is 3. The van der Waals surface area contributed by atoms with Crippen LogP contribution in [0.4, 0.5) is 0 Å². The predicted octanol–water partition coefficient (Wildman–Crippen LogP) is 2.13. The fraction of sp³-hybridized carbons (Fsp3) is 0.259. The summed E-state index contributed by atoms with van der Waals surface area (Å²) < 4.78 is 18.5. The lowest BCUT2D eigenvalue weighted by molar-refractivity contribution is -1.03. The molecule has 0 atom stereocenters. The molecule has 1 fully saturated rings. The molecule has 3 aromatic carbocycles. The smallest absolute Gasteiger partial charge is 0.292 e. The van der Waals surface area contributed by atoms with Gasteiger partial charge in [0.05, 0.1) is 0 Å². The summed E-state index contributed by atoms with van der Waals surface area (Å²) in [6.07, 6.45) is 0. The lowest BCUT2D eigenvalue weighted by Gasteiger charge is -2.34. The Labute approximate surface area is 209 Å². The third-order valence-corrected chi connectivity index (χ3v) is 7.17. The van der Waals surface area contributed by atoms with Gasteiger partial charge in [-0.05, 0) is 30.4 Å². The second-order valence-electron chi connectivity index (χ2n) is 9.06. The monoisotopic (exact) mass is 488 g/mol. The normalized spacial score (nSPS) is 19.2. The Balaban J connectivity index is 1.15. The molecule has 0 aliphatic carbocycles. The molecule has 1 saturated heterocycles. The van der Waals surface area contributed by atoms with Gasteiger partial charge in [-0.15, -0.1) is 5.10 Å². The molecule has 0 unspecified atom stereocenters. The van der Waals surface area contributed by atoms with E-state index in [-0.39, 0.29) is 6.79 Å². The third kappa shape index (κ3) is 4.60. The molecule has 0 saturated carbocycles. The number of piperazine rings is 1. The number of ether oxygens (including phenoxy) is 2. The van der Waals surface area contributed by atoms with Crippen molar-refractivity contribution in [1.82, 2.24) is 9.78 Å². The Morgan fingerprint density at radius 2 is 1.49 bits per heavy atom. The summed E-state index contributed by atoms with van der Waals surface area (Å²) in [7, 11) is 0. The molecule has 1 aromatic heterocycles. The number of hydrogen-bond acceptors (Lipinski definition) is 5. The molecule has 2 aliphatic rings. The van der Waals surface area contributed by atoms with Gasteiger partial charge in [0.25, 0.3) is 4.84 Å². The van der Waals surface area contributed by atoms with Crippen molar-refractivity contribution in [2.24, 2.45) is 0 Å². The van der Waals surface area contributed by atoms with Crippen molar-refractivity contribution < 1.29 is 23.7 Å². The fourth-order valence-electron chi connectivity index (χ4n) is 5.09. The maximum Gasteiger partial charge on any atom is 0.292 e. The zero-order valence-corrected chi connectivity index (χ0v) is 20.2. The highest BCUT2D eigenvalue weighted by atomic mass is 32.1. The van der Waals surface area contributed by atoms with E-state index in [9.17, 15) is 0 Å². The predicted molar refractivity (Wildman–Crippen MR) is 133 cm³/mol. The number of rotatable bonds is 6. The number of quaternary nitrogens is 2. The first-order valence-electron chi connectivity index (χ1n) is 12.0. The number of aromatic nitrogens is 2. The van der Waals surface area contributed by atoms with Gasteiger partial charge in [-0.25, -0.2) is 0 Å². The molecule has 178 valence electrons. The van der Waals surface area contributed by atoms with E-state index in [1.54, 1.807) is 9.58 Å². The van der Waals surface area contributed by atoms with Gasteiger partial charge in [-0.3, -0.25) is 0 Å². The maximum atomic E-state index is 5.83. The van der Waals surface area contributed by atoms with Crippen LogP contribution in [0.25, 0.3) is 11.5 Å². The lowest BCUT2D eigenvalue weighted by Crippen LogP contribution is -3.27. The van der Waals surface area contributed by atoms with Crippen molar-refractivity contribution in [1.29, 1.82) is 0 Å². The molecule has 6 rings (SSSR count). The van der Waals surface area contributed by atoms with Gasteiger partial charge in [-0.1, -0.05) is 60.7 Å². The summed E-state index contributed by atoms with van der Waals surface area (Å²) in [4.78, 5) is 3.44. The minimum atomic E-state index is 0.239. The highest BCUT2D eigenvalue weighted by Gasteiger charge is 2.32. The first-order chi connectivity index (χ1) is 17.2. The zero-order chi connectivity index (χ0) is 23.6. The van der Waals surface area contributed by atoms with Gasteiger partial charge in [0, 0.05) is 16.7 Å². The second kappa shape index (κ2) is 9.65. The summed E-state index contributed by atoms with van der Waals surface area (Å²) in [6, 6.07) is 27.7. The minimum Gasteiger partial charge on any atom is -0.454 e. The summed E-state index contributed by atoms with van der Waals surface area (Å²) in [5.74, 6) is 1.94. The van der Waals surface area contributed by atoms with E-state index in [0.29, 0.717) is 29.2 Å². The van der Waals surface area contributed by atoms with Crippen LogP contribution in [0.2, 0.25) is 0 Å². The van der Waals surface area contributed by atoms with Crippen LogP contribution in [0.1, 0.15) is 17.2 Å².